The number of fused-ring (bicyclic) bond motifs is 1. The van der Waals surface area contributed by atoms with Crippen LogP contribution in [0.2, 0.25) is 0 Å². The molecule has 0 radical (unpaired) electrons. The van der Waals surface area contributed by atoms with Gasteiger partial charge in [0.15, 0.2) is 0 Å². The van der Waals surface area contributed by atoms with E-state index in [1.165, 1.54) is 23.1 Å². The Bertz CT molecular complexity index is 819. The van der Waals surface area contributed by atoms with Gasteiger partial charge in [-0.2, -0.15) is 0 Å². The molecule has 1 aliphatic rings. The van der Waals surface area contributed by atoms with Crippen molar-refractivity contribution in [3.63, 3.8) is 0 Å². The van der Waals surface area contributed by atoms with E-state index in [-0.39, 0.29) is 31.2 Å². The summed E-state index contributed by atoms with van der Waals surface area (Å²) < 4.78 is 5.22. The molecular weight excluding hydrogens is 324 g/mol. The van der Waals surface area contributed by atoms with Gasteiger partial charge in [0.2, 0.25) is 5.91 Å². The van der Waals surface area contributed by atoms with Crippen LogP contribution < -0.4 is 4.90 Å². The standard InChI is InChI=1S/C18H16N2O5/c21-17-9-6-14-10-15(20(23)24)7-8-16(14)19(17)11-18(22)25-12-13-4-2-1-3-5-13/h1-5,7-8,10H,6,9,11-12H2. The quantitative estimate of drug-likeness (QED) is 0.474. The Hall–Kier alpha value is -3.22. The van der Waals surface area contributed by atoms with Gasteiger partial charge in [0.25, 0.3) is 5.69 Å². The van der Waals surface area contributed by atoms with Crippen molar-refractivity contribution >= 4 is 23.3 Å². The third kappa shape index (κ3) is 3.82. The van der Waals surface area contributed by atoms with Gasteiger partial charge in [-0.25, -0.2) is 0 Å². The lowest BCUT2D eigenvalue weighted by Gasteiger charge is -2.28. The fourth-order valence-electron chi connectivity index (χ4n) is 2.75. The number of rotatable bonds is 5. The van der Waals surface area contributed by atoms with E-state index in [9.17, 15) is 19.7 Å². The number of ether oxygens (including phenoxy) is 1. The van der Waals surface area contributed by atoms with E-state index in [1.807, 2.05) is 30.3 Å². The molecule has 0 aliphatic carbocycles. The molecule has 1 heterocycles. The minimum absolute atomic E-state index is 0.0281. The summed E-state index contributed by atoms with van der Waals surface area (Å²) in [6, 6.07) is 13.5. The van der Waals surface area contributed by atoms with E-state index in [2.05, 4.69) is 0 Å². The van der Waals surface area contributed by atoms with E-state index < -0.39 is 10.9 Å². The highest BCUT2D eigenvalue weighted by molar-refractivity contribution is 6.00. The molecular formula is C18H16N2O5. The van der Waals surface area contributed by atoms with Crippen molar-refractivity contribution in [2.75, 3.05) is 11.4 Å². The molecule has 0 saturated carbocycles. The van der Waals surface area contributed by atoms with E-state index in [4.69, 9.17) is 4.74 Å². The molecule has 0 unspecified atom stereocenters. The van der Waals surface area contributed by atoms with Crippen LogP contribution in [0.15, 0.2) is 48.5 Å². The zero-order valence-electron chi connectivity index (χ0n) is 13.4. The first kappa shape index (κ1) is 16.6. The first-order valence-corrected chi connectivity index (χ1v) is 7.82. The number of aryl methyl sites for hydroxylation is 1. The van der Waals surface area contributed by atoms with Crippen molar-refractivity contribution in [3.8, 4) is 0 Å². The molecule has 2 aromatic carbocycles. The lowest BCUT2D eigenvalue weighted by atomic mass is 10.0. The molecule has 0 N–H and O–H groups in total. The number of nitro benzene ring substituents is 1. The SMILES string of the molecule is O=C(CN1C(=O)CCc2cc([N+](=O)[O-])ccc21)OCc1ccccc1. The molecule has 3 rings (SSSR count). The summed E-state index contributed by atoms with van der Waals surface area (Å²) in [5, 5.41) is 10.9. The van der Waals surface area contributed by atoms with Crippen LogP contribution in [0.4, 0.5) is 11.4 Å². The summed E-state index contributed by atoms with van der Waals surface area (Å²) in [5.74, 6) is -0.721. The van der Waals surface area contributed by atoms with E-state index in [0.717, 1.165) is 5.56 Å². The molecule has 7 nitrogen and oxygen atoms in total. The summed E-state index contributed by atoms with van der Waals surface area (Å²) in [6.07, 6.45) is 0.630. The van der Waals surface area contributed by atoms with Crippen LogP contribution in [-0.4, -0.2) is 23.3 Å². The fourth-order valence-corrected chi connectivity index (χ4v) is 2.75. The molecule has 0 saturated heterocycles. The maximum absolute atomic E-state index is 12.2. The molecule has 25 heavy (non-hydrogen) atoms. The first-order valence-electron chi connectivity index (χ1n) is 7.82. The second-order valence-electron chi connectivity index (χ2n) is 5.70. The van der Waals surface area contributed by atoms with E-state index in [1.54, 1.807) is 0 Å². The Morgan fingerprint density at radius 2 is 1.92 bits per heavy atom. The predicted octanol–water partition coefficient (Wildman–Crippen LogP) is 2.62. The molecule has 1 amide bonds. The second kappa shape index (κ2) is 7.12. The number of hydrogen-bond donors (Lipinski definition) is 0. The highest BCUT2D eigenvalue weighted by Crippen LogP contribution is 2.30. The highest BCUT2D eigenvalue weighted by Gasteiger charge is 2.27. The number of nitro groups is 1. The van der Waals surface area contributed by atoms with Crippen LogP contribution in [0.3, 0.4) is 0 Å². The van der Waals surface area contributed by atoms with Gasteiger partial charge in [-0.15, -0.1) is 0 Å². The zero-order valence-corrected chi connectivity index (χ0v) is 13.4. The lowest BCUT2D eigenvalue weighted by molar-refractivity contribution is -0.384. The number of hydrogen-bond acceptors (Lipinski definition) is 5. The number of nitrogens with zero attached hydrogens (tertiary/aromatic N) is 2. The van der Waals surface area contributed by atoms with Crippen molar-refractivity contribution in [3.05, 3.63) is 69.8 Å². The van der Waals surface area contributed by atoms with E-state index >= 15 is 0 Å². The molecule has 128 valence electrons. The van der Waals surface area contributed by atoms with Gasteiger partial charge in [-0.05, 0) is 23.6 Å². The maximum Gasteiger partial charge on any atom is 0.326 e. The summed E-state index contributed by atoms with van der Waals surface area (Å²) in [4.78, 5) is 36.0. The maximum atomic E-state index is 12.2. The molecule has 2 aromatic rings. The molecule has 0 fully saturated rings. The monoisotopic (exact) mass is 340 g/mol. The number of esters is 1. The second-order valence-corrected chi connectivity index (χ2v) is 5.70. The summed E-state index contributed by atoms with van der Waals surface area (Å²) in [6.45, 7) is -0.0781. The number of anilines is 1. The molecule has 0 bridgehead atoms. The van der Waals surface area contributed by atoms with Crippen LogP contribution in [0.25, 0.3) is 0 Å². The Morgan fingerprint density at radius 3 is 2.64 bits per heavy atom. The van der Waals surface area contributed by atoms with Crippen molar-refractivity contribution in [2.24, 2.45) is 0 Å². The van der Waals surface area contributed by atoms with Crippen molar-refractivity contribution in [1.82, 2.24) is 0 Å². The molecule has 1 aliphatic heterocycles. The summed E-state index contributed by atoms with van der Waals surface area (Å²) >= 11 is 0. The number of carbonyl (C=O) groups is 2. The minimum atomic E-state index is -0.525. The summed E-state index contributed by atoms with van der Waals surface area (Å²) in [5.41, 5.74) is 2.04. The van der Waals surface area contributed by atoms with Crippen LogP contribution in [0, 0.1) is 10.1 Å². The Kier molecular flexibility index (Phi) is 4.74. The van der Waals surface area contributed by atoms with Crippen molar-refractivity contribution in [1.29, 1.82) is 0 Å². The third-order valence-electron chi connectivity index (χ3n) is 4.00. The Labute approximate surface area is 144 Å². The fraction of sp³-hybridized carbons (Fsp3) is 0.222. The van der Waals surface area contributed by atoms with Gasteiger partial charge in [0.1, 0.15) is 13.2 Å². The minimum Gasteiger partial charge on any atom is -0.459 e. The average Bonchev–Trinajstić information content (AvgIpc) is 2.62. The van der Waals surface area contributed by atoms with Gasteiger partial charge in [0, 0.05) is 24.2 Å². The first-order chi connectivity index (χ1) is 12.0. The van der Waals surface area contributed by atoms with Crippen LogP contribution in [0.1, 0.15) is 17.5 Å². The topological polar surface area (TPSA) is 89.8 Å². The molecule has 7 heteroatoms. The average molecular weight is 340 g/mol. The third-order valence-corrected chi connectivity index (χ3v) is 4.00. The van der Waals surface area contributed by atoms with Crippen molar-refractivity contribution in [2.45, 2.75) is 19.4 Å². The van der Waals surface area contributed by atoms with Crippen molar-refractivity contribution < 1.29 is 19.2 Å². The van der Waals surface area contributed by atoms with Crippen LogP contribution in [-0.2, 0) is 27.4 Å². The zero-order chi connectivity index (χ0) is 17.8. The van der Waals surface area contributed by atoms with Crippen LogP contribution >= 0.6 is 0 Å². The van der Waals surface area contributed by atoms with E-state index in [0.29, 0.717) is 17.7 Å². The molecule has 0 aromatic heterocycles. The molecule has 0 atom stereocenters. The lowest BCUT2D eigenvalue weighted by Crippen LogP contribution is -2.39. The molecule has 0 spiro atoms. The van der Waals surface area contributed by atoms with Gasteiger partial charge in [0.05, 0.1) is 4.92 Å². The van der Waals surface area contributed by atoms with Crippen LogP contribution in [0.5, 0.6) is 0 Å². The Balaban J connectivity index is 1.70. The highest BCUT2D eigenvalue weighted by atomic mass is 16.6. The summed E-state index contributed by atoms with van der Waals surface area (Å²) in [7, 11) is 0. The van der Waals surface area contributed by atoms with Gasteiger partial charge in [-0.1, -0.05) is 30.3 Å². The smallest absolute Gasteiger partial charge is 0.326 e. The van der Waals surface area contributed by atoms with Gasteiger partial charge in [-0.3, -0.25) is 19.7 Å². The predicted molar refractivity (Wildman–Crippen MR) is 90.0 cm³/mol. The number of amides is 1. The number of carbonyl (C=O) groups excluding carboxylic acids is 2. The largest absolute Gasteiger partial charge is 0.459 e. The Morgan fingerprint density at radius 1 is 1.16 bits per heavy atom. The normalized spacial score (nSPS) is 13.3. The number of benzene rings is 2. The number of non-ortho nitro benzene ring substituents is 1. The van der Waals surface area contributed by atoms with Gasteiger partial charge >= 0.3 is 5.97 Å². The van der Waals surface area contributed by atoms with Gasteiger partial charge < -0.3 is 9.64 Å².